The highest BCUT2D eigenvalue weighted by molar-refractivity contribution is 7.99. The van der Waals surface area contributed by atoms with Gasteiger partial charge in [0, 0.05) is 4.90 Å². The topological polar surface area (TPSA) is 42.0 Å². The van der Waals surface area contributed by atoms with Gasteiger partial charge in [0.05, 0.1) is 15.8 Å². The number of benzene rings is 2. The third kappa shape index (κ3) is 3.41. The number of amides is 1. The number of nitrogens with one attached hydrogen (secondary N) is 1. The zero-order valence-electron chi connectivity index (χ0n) is 13.3. The zero-order chi connectivity index (χ0) is 16.4. The lowest BCUT2D eigenvalue weighted by molar-refractivity contribution is 0.102. The summed E-state index contributed by atoms with van der Waals surface area (Å²) in [6.45, 7) is 6.24. The van der Waals surface area contributed by atoms with Gasteiger partial charge in [-0.25, -0.2) is 4.98 Å². The van der Waals surface area contributed by atoms with E-state index in [2.05, 4.69) is 43.2 Å². The van der Waals surface area contributed by atoms with Crippen molar-refractivity contribution in [1.29, 1.82) is 0 Å². The molecular weight excluding hydrogens is 324 g/mol. The fourth-order valence-corrected chi connectivity index (χ4v) is 4.08. The molecule has 0 aliphatic heterocycles. The highest BCUT2D eigenvalue weighted by Gasteiger charge is 2.14. The first-order chi connectivity index (χ1) is 11.1. The summed E-state index contributed by atoms with van der Waals surface area (Å²) in [5, 5.41) is 3.59. The third-order valence-electron chi connectivity index (χ3n) is 3.66. The van der Waals surface area contributed by atoms with Gasteiger partial charge in [0.2, 0.25) is 0 Å². The molecule has 0 fully saturated rings. The van der Waals surface area contributed by atoms with Gasteiger partial charge in [-0.3, -0.25) is 10.1 Å². The quantitative estimate of drug-likeness (QED) is 0.656. The van der Waals surface area contributed by atoms with Gasteiger partial charge in [0.15, 0.2) is 5.13 Å². The number of thiazole rings is 1. The van der Waals surface area contributed by atoms with Crippen LogP contribution in [0.4, 0.5) is 5.13 Å². The SMILES string of the molecule is CCSc1ccccc1C(=O)Nc1nc2cc(C)c(C)cc2s1. The summed E-state index contributed by atoms with van der Waals surface area (Å²) in [6.07, 6.45) is 0. The standard InChI is InChI=1S/C18H18N2OS2/c1-4-22-15-8-6-5-7-13(15)17(21)20-18-19-14-9-11(2)12(3)10-16(14)23-18/h5-10H,4H2,1-3H3,(H,19,20,21). The predicted molar refractivity (Wildman–Crippen MR) is 99.9 cm³/mol. The molecule has 0 radical (unpaired) electrons. The molecule has 0 aliphatic rings. The summed E-state index contributed by atoms with van der Waals surface area (Å²) in [7, 11) is 0. The Kier molecular flexibility index (Phi) is 4.68. The Morgan fingerprint density at radius 2 is 1.96 bits per heavy atom. The number of anilines is 1. The van der Waals surface area contributed by atoms with E-state index in [9.17, 15) is 4.79 Å². The zero-order valence-corrected chi connectivity index (χ0v) is 15.0. The molecule has 1 amide bonds. The second kappa shape index (κ2) is 6.72. The highest BCUT2D eigenvalue weighted by atomic mass is 32.2. The second-order valence-electron chi connectivity index (χ2n) is 5.31. The molecule has 0 aliphatic carbocycles. The van der Waals surface area contributed by atoms with Crippen molar-refractivity contribution in [3.63, 3.8) is 0 Å². The van der Waals surface area contributed by atoms with Crippen molar-refractivity contribution in [3.05, 3.63) is 53.1 Å². The van der Waals surface area contributed by atoms with E-state index in [0.29, 0.717) is 10.7 Å². The molecule has 0 saturated carbocycles. The molecule has 2 aromatic carbocycles. The van der Waals surface area contributed by atoms with E-state index in [-0.39, 0.29) is 5.91 Å². The van der Waals surface area contributed by atoms with Crippen LogP contribution in [-0.4, -0.2) is 16.6 Å². The van der Waals surface area contributed by atoms with Gasteiger partial charge >= 0.3 is 0 Å². The van der Waals surface area contributed by atoms with Crippen molar-refractivity contribution in [3.8, 4) is 0 Å². The second-order valence-corrected chi connectivity index (χ2v) is 7.64. The lowest BCUT2D eigenvalue weighted by atomic mass is 10.1. The lowest BCUT2D eigenvalue weighted by Gasteiger charge is -2.07. The fourth-order valence-electron chi connectivity index (χ4n) is 2.33. The molecule has 0 bridgehead atoms. The third-order valence-corrected chi connectivity index (χ3v) is 5.55. The van der Waals surface area contributed by atoms with Crippen LogP contribution in [0.3, 0.4) is 0 Å². The van der Waals surface area contributed by atoms with Gasteiger partial charge in [-0.15, -0.1) is 11.8 Å². The monoisotopic (exact) mass is 342 g/mol. The molecule has 0 saturated heterocycles. The lowest BCUT2D eigenvalue weighted by Crippen LogP contribution is -2.12. The number of aromatic nitrogens is 1. The van der Waals surface area contributed by atoms with E-state index in [4.69, 9.17) is 0 Å². The largest absolute Gasteiger partial charge is 0.298 e. The van der Waals surface area contributed by atoms with Crippen molar-refractivity contribution >= 4 is 44.4 Å². The average Bonchev–Trinajstić information content (AvgIpc) is 2.89. The number of hydrogen-bond acceptors (Lipinski definition) is 4. The summed E-state index contributed by atoms with van der Waals surface area (Å²) >= 11 is 3.18. The van der Waals surface area contributed by atoms with Crippen molar-refractivity contribution in [2.24, 2.45) is 0 Å². The number of nitrogens with zero attached hydrogens (tertiary/aromatic N) is 1. The molecule has 23 heavy (non-hydrogen) atoms. The summed E-state index contributed by atoms with van der Waals surface area (Å²) in [5.74, 6) is 0.832. The number of thioether (sulfide) groups is 1. The maximum atomic E-state index is 12.6. The van der Waals surface area contributed by atoms with Crippen molar-refractivity contribution in [2.45, 2.75) is 25.7 Å². The van der Waals surface area contributed by atoms with Gasteiger partial charge in [0.25, 0.3) is 5.91 Å². The molecular formula is C18H18N2OS2. The van der Waals surface area contributed by atoms with Crippen LogP contribution in [0.15, 0.2) is 41.3 Å². The van der Waals surface area contributed by atoms with Gasteiger partial charge in [-0.1, -0.05) is 30.4 Å². The molecule has 3 nitrogen and oxygen atoms in total. The molecule has 0 atom stereocenters. The molecule has 0 unspecified atom stereocenters. The maximum absolute atomic E-state index is 12.6. The van der Waals surface area contributed by atoms with Crippen molar-refractivity contribution in [2.75, 3.05) is 11.1 Å². The summed E-state index contributed by atoms with van der Waals surface area (Å²) in [6, 6.07) is 11.9. The average molecular weight is 342 g/mol. The van der Waals surface area contributed by atoms with Gasteiger partial charge in [-0.2, -0.15) is 0 Å². The van der Waals surface area contributed by atoms with Gasteiger partial charge < -0.3 is 0 Å². The van der Waals surface area contributed by atoms with Crippen molar-refractivity contribution < 1.29 is 4.79 Å². The summed E-state index contributed by atoms with van der Waals surface area (Å²) in [5.41, 5.74) is 4.09. The Morgan fingerprint density at radius 1 is 1.22 bits per heavy atom. The maximum Gasteiger partial charge on any atom is 0.258 e. The van der Waals surface area contributed by atoms with Crippen molar-refractivity contribution in [1.82, 2.24) is 4.98 Å². The van der Waals surface area contributed by atoms with Gasteiger partial charge in [0.1, 0.15) is 0 Å². The normalized spacial score (nSPS) is 10.9. The first-order valence-corrected chi connectivity index (χ1v) is 9.29. The number of aryl methyl sites for hydroxylation is 2. The molecule has 1 aromatic heterocycles. The Bertz CT molecular complexity index is 832. The number of fused-ring (bicyclic) bond motifs is 1. The molecule has 0 spiro atoms. The first-order valence-electron chi connectivity index (χ1n) is 7.49. The predicted octanol–water partition coefficient (Wildman–Crippen LogP) is 5.28. The number of carbonyl (C=O) groups is 1. The number of rotatable bonds is 4. The molecule has 118 valence electrons. The summed E-state index contributed by atoms with van der Waals surface area (Å²) < 4.78 is 1.10. The first kappa shape index (κ1) is 16.0. The van der Waals surface area contributed by atoms with Crippen LogP contribution in [0.5, 0.6) is 0 Å². The number of carbonyl (C=O) groups excluding carboxylic acids is 1. The number of hydrogen-bond donors (Lipinski definition) is 1. The molecule has 5 heteroatoms. The van der Waals surface area contributed by atoms with E-state index >= 15 is 0 Å². The van der Waals surface area contributed by atoms with Crippen LogP contribution in [0, 0.1) is 13.8 Å². The minimum absolute atomic E-state index is 0.103. The van der Waals surface area contributed by atoms with Crippen LogP contribution in [0.2, 0.25) is 0 Å². The minimum Gasteiger partial charge on any atom is -0.298 e. The molecule has 3 rings (SSSR count). The Labute approximate surface area is 144 Å². The molecule has 1 N–H and O–H groups in total. The molecule has 3 aromatic rings. The van der Waals surface area contributed by atoms with E-state index in [1.54, 1.807) is 11.8 Å². The van der Waals surface area contributed by atoms with E-state index in [0.717, 1.165) is 20.9 Å². The van der Waals surface area contributed by atoms with Crippen LogP contribution in [-0.2, 0) is 0 Å². The molecule has 1 heterocycles. The van der Waals surface area contributed by atoms with Crippen LogP contribution >= 0.6 is 23.1 Å². The van der Waals surface area contributed by atoms with Gasteiger partial charge in [-0.05, 0) is 55.0 Å². The Hall–Kier alpha value is -1.85. The van der Waals surface area contributed by atoms with Crippen LogP contribution in [0.1, 0.15) is 28.4 Å². The van der Waals surface area contributed by atoms with E-state index in [1.165, 1.54) is 22.5 Å². The highest BCUT2D eigenvalue weighted by Crippen LogP contribution is 2.29. The minimum atomic E-state index is -0.103. The van der Waals surface area contributed by atoms with E-state index < -0.39 is 0 Å². The Morgan fingerprint density at radius 3 is 2.74 bits per heavy atom. The fraction of sp³-hybridized carbons (Fsp3) is 0.222. The summed E-state index contributed by atoms with van der Waals surface area (Å²) in [4.78, 5) is 18.1. The van der Waals surface area contributed by atoms with E-state index in [1.807, 2.05) is 24.3 Å². The smallest absolute Gasteiger partial charge is 0.258 e. The van der Waals surface area contributed by atoms with Crippen LogP contribution in [0.25, 0.3) is 10.2 Å². The Balaban J connectivity index is 1.88. The van der Waals surface area contributed by atoms with Crippen LogP contribution < -0.4 is 5.32 Å².